The zero-order valence-corrected chi connectivity index (χ0v) is 17.6. The van der Waals surface area contributed by atoms with Crippen molar-refractivity contribution in [2.45, 2.75) is 63.1 Å². The van der Waals surface area contributed by atoms with Gasteiger partial charge < -0.3 is 34.3 Å². The zero-order valence-electron chi connectivity index (χ0n) is 17.6. The molecule has 0 aromatic carbocycles. The number of aliphatic hydroxyl groups excluding tert-OH is 1. The highest BCUT2D eigenvalue weighted by Gasteiger charge is 2.58. The second-order valence-corrected chi connectivity index (χ2v) is 8.40. The summed E-state index contributed by atoms with van der Waals surface area (Å²) in [5.41, 5.74) is -3.24. The van der Waals surface area contributed by atoms with Crippen LogP contribution < -0.4 is 0 Å². The topological polar surface area (TPSA) is 149 Å². The van der Waals surface area contributed by atoms with Gasteiger partial charge in [0.25, 0.3) is 0 Å². The van der Waals surface area contributed by atoms with E-state index in [2.05, 4.69) is 6.58 Å². The monoisotopic (exact) mass is 438 g/mol. The van der Waals surface area contributed by atoms with Crippen molar-refractivity contribution in [1.29, 1.82) is 0 Å². The Balaban J connectivity index is 2.16. The number of ether oxygens (including phenoxy) is 4. The third-order valence-electron chi connectivity index (χ3n) is 5.73. The summed E-state index contributed by atoms with van der Waals surface area (Å²) < 4.78 is 21.6. The Labute approximate surface area is 178 Å². The minimum Gasteiger partial charge on any atom is -0.461 e. The van der Waals surface area contributed by atoms with Crippen LogP contribution in [0, 0.1) is 0 Å². The summed E-state index contributed by atoms with van der Waals surface area (Å²) >= 11 is 0. The van der Waals surface area contributed by atoms with Crippen molar-refractivity contribution >= 4 is 17.9 Å². The Bertz CT molecular complexity index is 898. The lowest BCUT2D eigenvalue weighted by molar-refractivity contribution is -0.298. The molecule has 0 spiro atoms. The molecule has 0 aliphatic carbocycles. The molecule has 10 heteroatoms. The van der Waals surface area contributed by atoms with Gasteiger partial charge in [0, 0.05) is 25.3 Å². The van der Waals surface area contributed by atoms with E-state index < -0.39 is 54.2 Å². The van der Waals surface area contributed by atoms with Crippen LogP contribution in [0.2, 0.25) is 0 Å². The van der Waals surface area contributed by atoms with Gasteiger partial charge in [-0.2, -0.15) is 0 Å². The first kappa shape index (κ1) is 23.1. The largest absolute Gasteiger partial charge is 0.461 e. The molecular formula is C21H26O10. The molecule has 3 rings (SSSR count). The van der Waals surface area contributed by atoms with E-state index in [4.69, 9.17) is 18.9 Å². The van der Waals surface area contributed by atoms with Crippen LogP contribution in [0.4, 0.5) is 0 Å². The van der Waals surface area contributed by atoms with Crippen molar-refractivity contribution in [2.24, 2.45) is 0 Å². The summed E-state index contributed by atoms with van der Waals surface area (Å²) in [6.07, 6.45) is 0.194. The smallest absolute Gasteiger partial charge is 0.343 e. The number of aliphatic hydroxyl groups is 3. The van der Waals surface area contributed by atoms with E-state index in [1.165, 1.54) is 19.9 Å². The van der Waals surface area contributed by atoms with Gasteiger partial charge in [-0.15, -0.1) is 0 Å². The fraction of sp³-hybridized carbons (Fsp3) is 0.571. The van der Waals surface area contributed by atoms with Crippen molar-refractivity contribution in [3.8, 4) is 0 Å². The highest BCUT2D eigenvalue weighted by Crippen LogP contribution is 2.49. The Kier molecular flexibility index (Phi) is 5.87. The minimum atomic E-state index is -1.96. The summed E-state index contributed by atoms with van der Waals surface area (Å²) in [5, 5.41) is 31.4. The first-order chi connectivity index (χ1) is 14.3. The van der Waals surface area contributed by atoms with Gasteiger partial charge in [0.1, 0.15) is 24.1 Å². The number of rotatable bonds is 5. The molecule has 0 unspecified atom stereocenters. The minimum absolute atomic E-state index is 0.0176. The molecule has 10 nitrogen and oxygen atoms in total. The van der Waals surface area contributed by atoms with Crippen LogP contribution in [0.3, 0.4) is 0 Å². The van der Waals surface area contributed by atoms with Crippen LogP contribution in [0.25, 0.3) is 0 Å². The normalized spacial score (nSPS) is 36.4. The standard InChI is InChI=1S/C21H26O10/c1-11(9-22)17(24)29-15-8-20(4,26)21(27)6-5-19(3,31-21)7-14-16(15)13(18(25)30-14)10-28-12(2)23/h7,15,22,26-27H,1,5-6,8-10H2,2-4H3/b14-7+/t15-,19-,20+,21+/m0/s1. The zero-order chi connectivity index (χ0) is 23.2. The second-order valence-electron chi connectivity index (χ2n) is 8.40. The Morgan fingerprint density at radius 3 is 2.58 bits per heavy atom. The van der Waals surface area contributed by atoms with Gasteiger partial charge >= 0.3 is 17.9 Å². The van der Waals surface area contributed by atoms with Gasteiger partial charge in [-0.05, 0) is 26.3 Å². The van der Waals surface area contributed by atoms with Crippen LogP contribution in [0.1, 0.15) is 40.0 Å². The molecule has 3 aliphatic heterocycles. The van der Waals surface area contributed by atoms with Crippen LogP contribution in [0.15, 0.2) is 35.1 Å². The molecule has 0 radical (unpaired) electrons. The van der Waals surface area contributed by atoms with Gasteiger partial charge in [-0.3, -0.25) is 4.79 Å². The molecule has 1 fully saturated rings. The first-order valence-electron chi connectivity index (χ1n) is 9.77. The SMILES string of the molecule is C=C(CO)C(=O)O[C@H]1C[C@@](C)(O)[C@@]2(O)CC[C@@](C)(/C=C3/OC(=O)C(COC(C)=O)=C31)O2. The van der Waals surface area contributed by atoms with Crippen molar-refractivity contribution in [1.82, 2.24) is 0 Å². The van der Waals surface area contributed by atoms with Crippen LogP contribution in [-0.4, -0.2) is 69.5 Å². The van der Waals surface area contributed by atoms with Crippen LogP contribution >= 0.6 is 0 Å². The van der Waals surface area contributed by atoms with E-state index >= 15 is 0 Å². The predicted octanol–water partition coefficient (Wildman–Crippen LogP) is 0.159. The molecule has 0 amide bonds. The molecule has 3 heterocycles. The van der Waals surface area contributed by atoms with E-state index in [0.717, 1.165) is 0 Å². The summed E-state index contributed by atoms with van der Waals surface area (Å²) in [5.74, 6) is -4.36. The maximum absolute atomic E-state index is 12.6. The average Bonchev–Trinajstić information content (AvgIpc) is 3.14. The fourth-order valence-electron chi connectivity index (χ4n) is 3.91. The molecule has 3 aliphatic rings. The first-order valence-corrected chi connectivity index (χ1v) is 9.77. The number of carbonyl (C=O) groups excluding carboxylic acids is 3. The highest BCUT2D eigenvalue weighted by atomic mass is 16.7. The van der Waals surface area contributed by atoms with Crippen molar-refractivity contribution < 1.29 is 48.7 Å². The Hall–Kier alpha value is -2.53. The molecule has 4 atom stereocenters. The van der Waals surface area contributed by atoms with Gasteiger partial charge in [0.05, 0.1) is 23.4 Å². The molecular weight excluding hydrogens is 412 g/mol. The summed E-state index contributed by atoms with van der Waals surface area (Å²) in [6, 6.07) is 0. The number of carbonyl (C=O) groups is 3. The number of fused-ring (bicyclic) bond motifs is 3. The lowest BCUT2D eigenvalue weighted by atomic mass is 9.82. The van der Waals surface area contributed by atoms with Crippen LogP contribution in [-0.2, 0) is 33.3 Å². The third-order valence-corrected chi connectivity index (χ3v) is 5.73. The van der Waals surface area contributed by atoms with Crippen LogP contribution in [0.5, 0.6) is 0 Å². The van der Waals surface area contributed by atoms with Gasteiger partial charge in [-0.1, -0.05) is 6.58 Å². The molecule has 0 aromatic rings. The maximum atomic E-state index is 12.6. The summed E-state index contributed by atoms with van der Waals surface area (Å²) in [7, 11) is 0. The van der Waals surface area contributed by atoms with Gasteiger partial charge in [0.15, 0.2) is 5.79 Å². The Morgan fingerprint density at radius 2 is 1.97 bits per heavy atom. The Morgan fingerprint density at radius 1 is 1.29 bits per heavy atom. The molecule has 170 valence electrons. The number of hydrogen-bond donors (Lipinski definition) is 3. The third kappa shape index (κ3) is 4.29. The number of esters is 3. The highest BCUT2D eigenvalue weighted by molar-refractivity contribution is 5.96. The summed E-state index contributed by atoms with van der Waals surface area (Å²) in [4.78, 5) is 36.2. The van der Waals surface area contributed by atoms with Gasteiger partial charge in [-0.25, -0.2) is 9.59 Å². The van der Waals surface area contributed by atoms with E-state index in [1.807, 2.05) is 0 Å². The van der Waals surface area contributed by atoms with E-state index in [-0.39, 0.29) is 35.3 Å². The van der Waals surface area contributed by atoms with Crippen molar-refractivity contribution in [2.75, 3.05) is 13.2 Å². The molecule has 2 bridgehead atoms. The number of hydrogen-bond acceptors (Lipinski definition) is 10. The molecule has 0 saturated carbocycles. The van der Waals surface area contributed by atoms with E-state index in [9.17, 15) is 29.7 Å². The molecule has 3 N–H and O–H groups in total. The summed E-state index contributed by atoms with van der Waals surface area (Å²) in [6.45, 7) is 6.47. The maximum Gasteiger partial charge on any atom is 0.343 e. The average molecular weight is 438 g/mol. The predicted molar refractivity (Wildman–Crippen MR) is 103 cm³/mol. The molecule has 1 saturated heterocycles. The molecule has 31 heavy (non-hydrogen) atoms. The van der Waals surface area contributed by atoms with E-state index in [1.54, 1.807) is 6.92 Å². The fourth-order valence-corrected chi connectivity index (χ4v) is 3.91. The molecule has 0 aromatic heterocycles. The lowest BCUT2D eigenvalue weighted by Crippen LogP contribution is -2.54. The lowest BCUT2D eigenvalue weighted by Gasteiger charge is -2.40. The van der Waals surface area contributed by atoms with Crippen molar-refractivity contribution in [3.05, 3.63) is 35.1 Å². The van der Waals surface area contributed by atoms with E-state index in [0.29, 0.717) is 6.42 Å². The second kappa shape index (κ2) is 7.86. The van der Waals surface area contributed by atoms with Gasteiger partial charge in [0.2, 0.25) is 0 Å². The van der Waals surface area contributed by atoms with Crippen molar-refractivity contribution in [3.63, 3.8) is 0 Å². The quantitative estimate of drug-likeness (QED) is 0.308.